The molecule has 2 amide bonds. The van der Waals surface area contributed by atoms with Crippen molar-refractivity contribution in [2.24, 2.45) is 7.05 Å². The maximum atomic E-state index is 12.0. The lowest BCUT2D eigenvalue weighted by molar-refractivity contribution is 0.0292. The van der Waals surface area contributed by atoms with Crippen molar-refractivity contribution in [2.75, 3.05) is 18.4 Å². The predicted octanol–water partition coefficient (Wildman–Crippen LogP) is 2.23. The van der Waals surface area contributed by atoms with Crippen molar-refractivity contribution < 1.29 is 19.4 Å². The van der Waals surface area contributed by atoms with E-state index in [0.717, 1.165) is 12.1 Å². The molecular weight excluding hydrogens is 288 g/mol. The van der Waals surface area contributed by atoms with Gasteiger partial charge in [0, 0.05) is 32.1 Å². The topological polar surface area (TPSA) is 96.7 Å². The third-order valence-electron chi connectivity index (χ3n) is 3.39. The second kappa shape index (κ2) is 5.86. The highest BCUT2D eigenvalue weighted by molar-refractivity contribution is 5.81. The van der Waals surface area contributed by atoms with Gasteiger partial charge >= 0.3 is 12.2 Å². The molecule has 1 aromatic heterocycles. The summed E-state index contributed by atoms with van der Waals surface area (Å²) in [6, 6.07) is 1.71. The minimum absolute atomic E-state index is 0.0862. The molecule has 8 heteroatoms. The van der Waals surface area contributed by atoms with Crippen molar-refractivity contribution in [3.8, 4) is 0 Å². The fraction of sp³-hybridized carbons (Fsp3) is 0.643. The van der Waals surface area contributed by atoms with Crippen LogP contribution in [0.4, 0.5) is 15.4 Å². The van der Waals surface area contributed by atoms with Gasteiger partial charge in [-0.15, -0.1) is 0 Å². The minimum Gasteiger partial charge on any atom is -0.465 e. The Bertz CT molecular complexity index is 576. The van der Waals surface area contributed by atoms with Crippen LogP contribution >= 0.6 is 0 Å². The van der Waals surface area contributed by atoms with Gasteiger partial charge in [-0.05, 0) is 27.2 Å². The van der Waals surface area contributed by atoms with Crippen LogP contribution in [0, 0.1) is 0 Å². The quantitative estimate of drug-likeness (QED) is 0.873. The number of likely N-dealkylation sites (tertiary alicyclic amines) is 1. The fourth-order valence-electron chi connectivity index (χ4n) is 2.41. The molecule has 1 aliphatic heterocycles. The van der Waals surface area contributed by atoms with E-state index >= 15 is 0 Å². The highest BCUT2D eigenvalue weighted by atomic mass is 16.6. The molecule has 1 unspecified atom stereocenters. The molecule has 1 fully saturated rings. The Morgan fingerprint density at radius 3 is 2.73 bits per heavy atom. The molecule has 8 nitrogen and oxygen atoms in total. The number of carbonyl (C=O) groups excluding carboxylic acids is 1. The number of carboxylic acid groups (broad SMARTS) is 1. The van der Waals surface area contributed by atoms with E-state index in [1.54, 1.807) is 18.0 Å². The SMILES string of the molecule is Cn1nc(C2CCN(C(=O)OC(C)(C)C)C2)cc1NC(=O)O. The Balaban J connectivity index is 2.01. The van der Waals surface area contributed by atoms with Crippen molar-refractivity contribution in [1.29, 1.82) is 0 Å². The first-order valence-corrected chi connectivity index (χ1v) is 7.17. The Hall–Kier alpha value is -2.25. The van der Waals surface area contributed by atoms with Crippen LogP contribution < -0.4 is 5.32 Å². The number of nitrogens with zero attached hydrogens (tertiary/aromatic N) is 3. The summed E-state index contributed by atoms with van der Waals surface area (Å²) in [6.45, 7) is 6.64. The maximum Gasteiger partial charge on any atom is 0.410 e. The summed E-state index contributed by atoms with van der Waals surface area (Å²) in [6.07, 6.45) is -0.672. The van der Waals surface area contributed by atoms with Gasteiger partial charge in [0.25, 0.3) is 0 Å². The number of aromatic nitrogens is 2. The van der Waals surface area contributed by atoms with Crippen molar-refractivity contribution in [1.82, 2.24) is 14.7 Å². The zero-order chi connectivity index (χ0) is 16.5. The molecule has 1 saturated heterocycles. The zero-order valence-corrected chi connectivity index (χ0v) is 13.3. The number of amides is 2. The van der Waals surface area contributed by atoms with Crippen LogP contribution in [0.25, 0.3) is 0 Å². The third kappa shape index (κ3) is 3.90. The first-order valence-electron chi connectivity index (χ1n) is 7.17. The van der Waals surface area contributed by atoms with Crippen LogP contribution in [0.3, 0.4) is 0 Å². The van der Waals surface area contributed by atoms with Gasteiger partial charge < -0.3 is 14.7 Å². The summed E-state index contributed by atoms with van der Waals surface area (Å²) < 4.78 is 6.84. The summed E-state index contributed by atoms with van der Waals surface area (Å²) in [5.74, 6) is 0.501. The van der Waals surface area contributed by atoms with E-state index in [0.29, 0.717) is 18.9 Å². The normalized spacial score (nSPS) is 18.4. The van der Waals surface area contributed by atoms with Gasteiger partial charge in [-0.2, -0.15) is 5.10 Å². The van der Waals surface area contributed by atoms with E-state index in [9.17, 15) is 9.59 Å². The van der Waals surface area contributed by atoms with Crippen LogP contribution in [0.5, 0.6) is 0 Å². The molecule has 2 heterocycles. The molecule has 1 atom stereocenters. The van der Waals surface area contributed by atoms with Crippen LogP contribution in [-0.2, 0) is 11.8 Å². The monoisotopic (exact) mass is 310 g/mol. The Kier molecular flexibility index (Phi) is 4.30. The second-order valence-electron chi connectivity index (χ2n) is 6.42. The number of carbonyl (C=O) groups is 2. The molecule has 0 saturated carbocycles. The Morgan fingerprint density at radius 1 is 1.45 bits per heavy atom. The Labute approximate surface area is 129 Å². The highest BCUT2D eigenvalue weighted by Gasteiger charge is 2.32. The van der Waals surface area contributed by atoms with Crippen molar-refractivity contribution in [3.05, 3.63) is 11.8 Å². The molecule has 0 spiro atoms. The second-order valence-corrected chi connectivity index (χ2v) is 6.42. The van der Waals surface area contributed by atoms with E-state index in [1.807, 2.05) is 20.8 Å². The average molecular weight is 310 g/mol. The first kappa shape index (κ1) is 16.1. The minimum atomic E-state index is -1.13. The molecule has 122 valence electrons. The number of hydrogen-bond acceptors (Lipinski definition) is 4. The van der Waals surface area contributed by atoms with Crippen LogP contribution in [0.15, 0.2) is 6.07 Å². The van der Waals surface area contributed by atoms with E-state index in [1.165, 1.54) is 4.68 Å². The molecule has 0 aromatic carbocycles. The van der Waals surface area contributed by atoms with Crippen LogP contribution in [0.1, 0.15) is 38.8 Å². The number of rotatable bonds is 2. The number of anilines is 1. The smallest absolute Gasteiger partial charge is 0.410 e. The fourth-order valence-corrected chi connectivity index (χ4v) is 2.41. The average Bonchev–Trinajstić information content (AvgIpc) is 2.94. The lowest BCUT2D eigenvalue weighted by Gasteiger charge is -2.24. The van der Waals surface area contributed by atoms with Gasteiger partial charge in [-0.25, -0.2) is 9.59 Å². The summed E-state index contributed by atoms with van der Waals surface area (Å²) >= 11 is 0. The van der Waals surface area contributed by atoms with Gasteiger partial charge in [0.05, 0.1) is 5.69 Å². The molecule has 0 bridgehead atoms. The lowest BCUT2D eigenvalue weighted by Crippen LogP contribution is -2.35. The molecule has 0 radical (unpaired) electrons. The molecule has 1 aromatic rings. The van der Waals surface area contributed by atoms with E-state index in [2.05, 4.69) is 10.4 Å². The number of aryl methyl sites for hydroxylation is 1. The third-order valence-corrected chi connectivity index (χ3v) is 3.39. The molecule has 1 aliphatic rings. The van der Waals surface area contributed by atoms with Crippen molar-refractivity contribution >= 4 is 18.0 Å². The standard InChI is InChI=1S/C14H22N4O4/c1-14(2,3)22-13(21)18-6-5-9(8-18)10-7-11(15-12(19)20)17(4)16-10/h7,9,15H,5-6,8H2,1-4H3,(H,19,20). The van der Waals surface area contributed by atoms with Gasteiger partial charge in [0.2, 0.25) is 0 Å². The maximum absolute atomic E-state index is 12.0. The Morgan fingerprint density at radius 2 is 2.14 bits per heavy atom. The summed E-state index contributed by atoms with van der Waals surface area (Å²) in [4.78, 5) is 24.4. The molecule has 22 heavy (non-hydrogen) atoms. The lowest BCUT2D eigenvalue weighted by atomic mass is 10.1. The number of nitrogens with one attached hydrogen (secondary N) is 1. The van der Waals surface area contributed by atoms with Crippen molar-refractivity contribution in [3.63, 3.8) is 0 Å². The number of ether oxygens (including phenoxy) is 1. The van der Waals surface area contributed by atoms with Crippen LogP contribution in [-0.4, -0.2) is 50.7 Å². The van der Waals surface area contributed by atoms with Gasteiger partial charge in [0.15, 0.2) is 0 Å². The van der Waals surface area contributed by atoms with Crippen LogP contribution in [0.2, 0.25) is 0 Å². The first-order chi connectivity index (χ1) is 10.2. The molecule has 0 aliphatic carbocycles. The predicted molar refractivity (Wildman–Crippen MR) is 80.0 cm³/mol. The van der Waals surface area contributed by atoms with E-state index in [4.69, 9.17) is 9.84 Å². The summed E-state index contributed by atoms with van der Waals surface area (Å²) in [5.41, 5.74) is 0.260. The van der Waals surface area contributed by atoms with Gasteiger partial charge in [0.1, 0.15) is 11.4 Å². The molecule has 2 N–H and O–H groups in total. The zero-order valence-electron chi connectivity index (χ0n) is 13.3. The summed E-state index contributed by atoms with van der Waals surface area (Å²) in [5, 5.41) is 15.4. The molecule has 2 rings (SSSR count). The van der Waals surface area contributed by atoms with Gasteiger partial charge in [-0.3, -0.25) is 10.00 Å². The largest absolute Gasteiger partial charge is 0.465 e. The van der Waals surface area contributed by atoms with Crippen molar-refractivity contribution in [2.45, 2.75) is 38.7 Å². The number of hydrogen-bond donors (Lipinski definition) is 2. The summed E-state index contributed by atoms with van der Waals surface area (Å²) in [7, 11) is 1.68. The van der Waals surface area contributed by atoms with Gasteiger partial charge in [-0.1, -0.05) is 0 Å². The molecular formula is C14H22N4O4. The van der Waals surface area contributed by atoms with E-state index < -0.39 is 11.7 Å². The highest BCUT2D eigenvalue weighted by Crippen LogP contribution is 2.28. The van der Waals surface area contributed by atoms with E-state index in [-0.39, 0.29) is 12.0 Å².